The van der Waals surface area contributed by atoms with Gasteiger partial charge in [-0.1, -0.05) is 0 Å². The molecule has 0 atom stereocenters. The van der Waals surface area contributed by atoms with Gasteiger partial charge in [-0.25, -0.2) is 9.59 Å². The van der Waals surface area contributed by atoms with Gasteiger partial charge in [0.2, 0.25) is 6.04 Å². The van der Waals surface area contributed by atoms with Crippen molar-refractivity contribution in [2.24, 2.45) is 5.73 Å². The summed E-state index contributed by atoms with van der Waals surface area (Å²) in [6.07, 6.45) is 0. The first kappa shape index (κ1) is 19.9. The zero-order valence-electron chi connectivity index (χ0n) is 8.52. The van der Waals surface area contributed by atoms with Gasteiger partial charge in [-0.2, -0.15) is 0 Å². The summed E-state index contributed by atoms with van der Waals surface area (Å²) in [5.41, 5.74) is 5.19. The van der Waals surface area contributed by atoms with Crippen molar-refractivity contribution >= 4 is 36.8 Å². The molecule has 0 unspecified atom stereocenters. The van der Waals surface area contributed by atoms with E-state index in [4.69, 9.17) is 5.73 Å². The highest BCUT2D eigenvalue weighted by atomic mass is 35.5. The Bertz CT molecular complexity index is 176. The van der Waals surface area contributed by atoms with Crippen LogP contribution in [0.2, 0.25) is 0 Å². The van der Waals surface area contributed by atoms with Crippen LogP contribution in [0.5, 0.6) is 0 Å². The third-order valence-electron chi connectivity index (χ3n) is 1.37. The Morgan fingerprint density at radius 2 is 1.60 bits per heavy atom. The van der Waals surface area contributed by atoms with E-state index >= 15 is 0 Å². The summed E-state index contributed by atoms with van der Waals surface area (Å²) in [5.74, 6) is -1.36. The van der Waals surface area contributed by atoms with Gasteiger partial charge in [0, 0.05) is 13.1 Å². The third kappa shape index (κ3) is 7.38. The predicted octanol–water partition coefficient (Wildman–Crippen LogP) is -0.907. The number of hydrogen-bond donors (Lipinski definition) is 2. The first-order valence-electron chi connectivity index (χ1n) is 3.76. The van der Waals surface area contributed by atoms with E-state index < -0.39 is 18.0 Å². The van der Waals surface area contributed by atoms with Gasteiger partial charge in [0.25, 0.3) is 0 Å². The minimum atomic E-state index is -1.08. The molecule has 0 rings (SSSR count). The summed E-state index contributed by atoms with van der Waals surface area (Å²) >= 11 is 0. The van der Waals surface area contributed by atoms with Crippen molar-refractivity contribution < 1.29 is 19.1 Å². The number of methoxy groups -OCH3 is 2. The van der Waals surface area contributed by atoms with Gasteiger partial charge < -0.3 is 15.2 Å². The quantitative estimate of drug-likeness (QED) is 0.493. The van der Waals surface area contributed by atoms with E-state index in [9.17, 15) is 9.59 Å². The normalized spacial score (nSPS) is 8.53. The number of hydrogen-bond acceptors (Lipinski definition) is 6. The van der Waals surface area contributed by atoms with Crippen LogP contribution >= 0.6 is 24.8 Å². The maximum Gasteiger partial charge on any atom is 0.334 e. The van der Waals surface area contributed by atoms with Gasteiger partial charge in [-0.05, 0) is 0 Å². The van der Waals surface area contributed by atoms with Crippen molar-refractivity contribution in [3.8, 4) is 0 Å². The van der Waals surface area contributed by atoms with E-state index in [1.54, 1.807) is 0 Å². The summed E-state index contributed by atoms with van der Waals surface area (Å²) in [4.78, 5) is 22.0. The molecule has 0 aliphatic carbocycles. The molecule has 0 spiro atoms. The lowest BCUT2D eigenvalue weighted by Crippen LogP contribution is -2.46. The number of nitrogens with two attached hydrogens (primary N) is 1. The Labute approximate surface area is 101 Å². The van der Waals surface area contributed by atoms with Gasteiger partial charge in [0.1, 0.15) is 0 Å². The molecule has 3 N–H and O–H groups in total. The van der Waals surface area contributed by atoms with Crippen LogP contribution in [0.3, 0.4) is 0 Å². The predicted molar refractivity (Wildman–Crippen MR) is 59.4 cm³/mol. The molecular weight excluding hydrogens is 247 g/mol. The van der Waals surface area contributed by atoms with E-state index in [2.05, 4.69) is 14.8 Å². The second-order valence-electron chi connectivity index (χ2n) is 2.22. The van der Waals surface area contributed by atoms with Crippen LogP contribution in [0.1, 0.15) is 0 Å². The summed E-state index contributed by atoms with van der Waals surface area (Å²) in [7, 11) is 2.39. The first-order chi connectivity index (χ1) is 6.17. The SMILES string of the molecule is COC(=O)C(NCCN)C(=O)OC.Cl.Cl. The van der Waals surface area contributed by atoms with E-state index in [1.807, 2.05) is 0 Å². The van der Waals surface area contributed by atoms with Crippen molar-refractivity contribution in [1.82, 2.24) is 5.32 Å². The van der Waals surface area contributed by atoms with Gasteiger partial charge in [-0.15, -0.1) is 24.8 Å². The Morgan fingerprint density at radius 3 is 1.87 bits per heavy atom. The lowest BCUT2D eigenvalue weighted by Gasteiger charge is -2.12. The van der Waals surface area contributed by atoms with Crippen LogP contribution in [0, 0.1) is 0 Å². The lowest BCUT2D eigenvalue weighted by atomic mass is 10.3. The molecule has 0 saturated carbocycles. The average Bonchev–Trinajstić information content (AvgIpc) is 2.17. The van der Waals surface area contributed by atoms with Gasteiger partial charge >= 0.3 is 11.9 Å². The number of rotatable bonds is 5. The molecular formula is C7H16Cl2N2O4. The van der Waals surface area contributed by atoms with Gasteiger partial charge in [0.15, 0.2) is 0 Å². The molecule has 92 valence electrons. The Balaban J connectivity index is -0.000000720. The molecule has 0 aromatic heterocycles. The van der Waals surface area contributed by atoms with Gasteiger partial charge in [-0.3, -0.25) is 5.32 Å². The maximum atomic E-state index is 11.0. The molecule has 0 saturated heterocycles. The van der Waals surface area contributed by atoms with Crippen molar-refractivity contribution in [3.05, 3.63) is 0 Å². The number of ether oxygens (including phenoxy) is 2. The van der Waals surface area contributed by atoms with Crippen molar-refractivity contribution in [2.75, 3.05) is 27.3 Å². The summed E-state index contributed by atoms with van der Waals surface area (Å²) in [6.45, 7) is 0.666. The fourth-order valence-electron chi connectivity index (χ4n) is 0.726. The number of carbonyl (C=O) groups excluding carboxylic acids is 2. The standard InChI is InChI=1S/C7H14N2O4.2ClH/c1-12-6(10)5(7(11)13-2)9-4-3-8;;/h5,9H,3-4,8H2,1-2H3;2*1H. The van der Waals surface area contributed by atoms with Crippen LogP contribution in [-0.2, 0) is 19.1 Å². The Hall–Kier alpha value is -0.560. The summed E-state index contributed by atoms with van der Waals surface area (Å²) in [5, 5.41) is 2.60. The van der Waals surface area contributed by atoms with Crippen molar-refractivity contribution in [1.29, 1.82) is 0 Å². The largest absolute Gasteiger partial charge is 0.467 e. The third-order valence-corrected chi connectivity index (χ3v) is 1.37. The fraction of sp³-hybridized carbons (Fsp3) is 0.714. The van der Waals surface area contributed by atoms with E-state index in [0.717, 1.165) is 0 Å². The molecule has 8 heteroatoms. The topological polar surface area (TPSA) is 90.6 Å². The zero-order chi connectivity index (χ0) is 10.3. The van der Waals surface area contributed by atoms with Crippen LogP contribution < -0.4 is 11.1 Å². The monoisotopic (exact) mass is 262 g/mol. The molecule has 6 nitrogen and oxygen atoms in total. The summed E-state index contributed by atoms with van der Waals surface area (Å²) < 4.78 is 8.78. The van der Waals surface area contributed by atoms with E-state index in [1.165, 1.54) is 14.2 Å². The first-order valence-corrected chi connectivity index (χ1v) is 3.76. The Kier molecular flexibility index (Phi) is 15.3. The number of carbonyl (C=O) groups is 2. The maximum absolute atomic E-state index is 11.0. The highest BCUT2D eigenvalue weighted by Gasteiger charge is 2.27. The minimum Gasteiger partial charge on any atom is -0.467 e. The number of halogens is 2. The molecule has 0 heterocycles. The van der Waals surface area contributed by atoms with Crippen LogP contribution in [-0.4, -0.2) is 45.3 Å². The fourth-order valence-corrected chi connectivity index (χ4v) is 0.726. The summed E-state index contributed by atoms with van der Waals surface area (Å²) in [6, 6.07) is -1.08. The van der Waals surface area contributed by atoms with Crippen molar-refractivity contribution in [3.63, 3.8) is 0 Å². The zero-order valence-corrected chi connectivity index (χ0v) is 10.2. The molecule has 15 heavy (non-hydrogen) atoms. The molecule has 0 bridgehead atoms. The minimum absolute atomic E-state index is 0. The van der Waals surface area contributed by atoms with Gasteiger partial charge in [0.05, 0.1) is 14.2 Å². The second kappa shape index (κ2) is 11.5. The van der Waals surface area contributed by atoms with E-state index in [0.29, 0.717) is 13.1 Å². The van der Waals surface area contributed by atoms with Crippen LogP contribution in [0.4, 0.5) is 0 Å². The molecule has 0 radical (unpaired) electrons. The molecule has 0 amide bonds. The van der Waals surface area contributed by atoms with Crippen LogP contribution in [0.25, 0.3) is 0 Å². The molecule has 0 aliphatic rings. The lowest BCUT2D eigenvalue weighted by molar-refractivity contribution is -0.155. The molecule has 0 fully saturated rings. The smallest absolute Gasteiger partial charge is 0.334 e. The molecule has 0 aromatic carbocycles. The Morgan fingerprint density at radius 1 is 1.20 bits per heavy atom. The highest BCUT2D eigenvalue weighted by Crippen LogP contribution is 1.90. The number of nitrogens with one attached hydrogen (secondary N) is 1. The van der Waals surface area contributed by atoms with Crippen LogP contribution in [0.15, 0.2) is 0 Å². The van der Waals surface area contributed by atoms with E-state index in [-0.39, 0.29) is 24.8 Å². The average molecular weight is 263 g/mol. The molecule has 0 aliphatic heterocycles. The number of esters is 2. The second-order valence-corrected chi connectivity index (χ2v) is 2.22. The molecule has 0 aromatic rings. The highest BCUT2D eigenvalue weighted by molar-refractivity contribution is 5.99. The van der Waals surface area contributed by atoms with Crippen molar-refractivity contribution in [2.45, 2.75) is 6.04 Å².